The van der Waals surface area contributed by atoms with Gasteiger partial charge in [0.1, 0.15) is 0 Å². The molecule has 160 valence electrons. The molecule has 1 saturated heterocycles. The Hall–Kier alpha value is -0.140. The van der Waals surface area contributed by atoms with Gasteiger partial charge in [-0.05, 0) is 61.1 Å². The van der Waals surface area contributed by atoms with Gasteiger partial charge in [0.2, 0.25) is 0 Å². The van der Waals surface area contributed by atoms with Crippen LogP contribution in [0.5, 0.6) is 0 Å². The van der Waals surface area contributed by atoms with Crippen LogP contribution in [0.3, 0.4) is 0 Å². The van der Waals surface area contributed by atoms with Crippen molar-refractivity contribution in [3.8, 4) is 0 Å². The van der Waals surface area contributed by atoms with Gasteiger partial charge in [-0.1, -0.05) is 56.1 Å². The first-order chi connectivity index (χ1) is 13.0. The molecule has 3 N–H and O–H groups in total. The molecule has 2 aromatic rings. The zero-order valence-corrected chi connectivity index (χ0v) is 21.3. The number of piperazine rings is 1. The summed E-state index contributed by atoms with van der Waals surface area (Å²) in [7, 11) is 0. The van der Waals surface area contributed by atoms with E-state index in [2.05, 4.69) is 91.5 Å². The monoisotopic (exact) mass is 563 g/mol. The lowest BCUT2D eigenvalue weighted by Crippen LogP contribution is -2.66. The molecule has 2 aromatic carbocycles. The van der Waals surface area contributed by atoms with E-state index in [-0.39, 0.29) is 36.4 Å². The number of halogens is 4. The highest BCUT2D eigenvalue weighted by atomic mass is 79.9. The Morgan fingerprint density at radius 3 is 2.24 bits per heavy atom. The molecule has 1 aliphatic heterocycles. The van der Waals surface area contributed by atoms with Gasteiger partial charge in [0.25, 0.3) is 0 Å². The second kappa shape index (κ2) is 10.4. The van der Waals surface area contributed by atoms with E-state index in [1.54, 1.807) is 0 Å². The minimum atomic E-state index is -0.00512. The third-order valence-corrected chi connectivity index (χ3v) is 7.09. The number of nitrogens with one attached hydrogen (secondary N) is 1. The predicted molar refractivity (Wildman–Crippen MR) is 134 cm³/mol. The molecule has 7 heteroatoms. The van der Waals surface area contributed by atoms with Crippen molar-refractivity contribution in [2.75, 3.05) is 19.6 Å². The Labute approximate surface area is 203 Å². The van der Waals surface area contributed by atoms with Crippen LogP contribution in [0.2, 0.25) is 0 Å². The summed E-state index contributed by atoms with van der Waals surface area (Å²) in [5, 5.41) is 3.58. The molecule has 1 heterocycles. The van der Waals surface area contributed by atoms with Crippen molar-refractivity contribution in [2.24, 2.45) is 5.73 Å². The lowest BCUT2D eigenvalue weighted by atomic mass is 9.81. The number of rotatable bonds is 4. The summed E-state index contributed by atoms with van der Waals surface area (Å²) < 4.78 is 2.19. The highest BCUT2D eigenvalue weighted by Crippen LogP contribution is 2.38. The number of nitrogens with two attached hydrogens (primary N) is 1. The summed E-state index contributed by atoms with van der Waals surface area (Å²) in [5.74, 6) is 0. The van der Waals surface area contributed by atoms with Crippen LogP contribution in [0.15, 0.2) is 51.4 Å². The maximum atomic E-state index is 7.01. The summed E-state index contributed by atoms with van der Waals surface area (Å²) in [4.78, 5) is 2.67. The van der Waals surface area contributed by atoms with E-state index >= 15 is 0 Å². The Bertz CT molecular complexity index is 788. The fourth-order valence-corrected chi connectivity index (χ4v) is 6.24. The average molecular weight is 566 g/mol. The van der Waals surface area contributed by atoms with Gasteiger partial charge in [0.05, 0.1) is 0 Å². The van der Waals surface area contributed by atoms with E-state index in [0.717, 1.165) is 47.8 Å². The molecule has 29 heavy (non-hydrogen) atoms. The zero-order chi connectivity index (χ0) is 19.0. The Morgan fingerprint density at radius 1 is 1.10 bits per heavy atom. The van der Waals surface area contributed by atoms with Crippen LogP contribution in [0.25, 0.3) is 0 Å². The number of hydrogen-bond donors (Lipinski definition) is 2. The van der Waals surface area contributed by atoms with Crippen LogP contribution in [0.4, 0.5) is 0 Å². The van der Waals surface area contributed by atoms with Crippen LogP contribution >= 0.6 is 56.7 Å². The molecule has 0 bridgehead atoms. The normalized spacial score (nSPS) is 21.6. The van der Waals surface area contributed by atoms with Crippen molar-refractivity contribution < 1.29 is 0 Å². The smallest absolute Gasteiger partial charge is 0.0445 e. The van der Waals surface area contributed by atoms with Crippen molar-refractivity contribution in [1.82, 2.24) is 10.2 Å². The third kappa shape index (κ3) is 5.38. The van der Waals surface area contributed by atoms with Crippen LogP contribution in [-0.2, 0) is 19.3 Å². The second-order valence-electron chi connectivity index (χ2n) is 8.12. The van der Waals surface area contributed by atoms with Gasteiger partial charge < -0.3 is 11.1 Å². The molecule has 1 aliphatic carbocycles. The molecule has 2 unspecified atom stereocenters. The quantitative estimate of drug-likeness (QED) is 0.562. The van der Waals surface area contributed by atoms with Gasteiger partial charge in [-0.2, -0.15) is 0 Å². The SMILES string of the molecule is CC1CN(C2(C(N)Cc3cc(Br)cc(Br)c3)Cc3ccccc3C2)CCN1.Cl.Cl. The minimum absolute atomic E-state index is 0. The zero-order valence-electron chi connectivity index (χ0n) is 16.5. The standard InChI is InChI=1S/C22H27Br2N3.2ClH/c1-15-14-27(7-6-26-15)22(12-17-4-2-3-5-18(17)13-22)21(25)10-16-8-19(23)11-20(24)9-16;;/h2-5,8-9,11,15,21,26H,6-7,10,12-14,25H2,1H3;2*1H. The van der Waals surface area contributed by atoms with Crippen LogP contribution in [-0.4, -0.2) is 42.2 Å². The van der Waals surface area contributed by atoms with Crippen molar-refractivity contribution in [3.63, 3.8) is 0 Å². The molecular formula is C22H29Br2Cl2N3. The van der Waals surface area contributed by atoms with Gasteiger partial charge >= 0.3 is 0 Å². The number of fused-ring (bicyclic) bond motifs is 1. The summed E-state index contributed by atoms with van der Waals surface area (Å²) in [5.41, 5.74) is 11.2. The topological polar surface area (TPSA) is 41.3 Å². The highest BCUT2D eigenvalue weighted by Gasteiger charge is 2.47. The number of nitrogens with zero attached hydrogens (tertiary/aromatic N) is 1. The van der Waals surface area contributed by atoms with E-state index in [1.807, 2.05) is 0 Å². The average Bonchev–Trinajstić information content (AvgIpc) is 3.02. The van der Waals surface area contributed by atoms with Crippen molar-refractivity contribution in [1.29, 1.82) is 0 Å². The molecule has 0 saturated carbocycles. The van der Waals surface area contributed by atoms with Crippen molar-refractivity contribution >= 4 is 56.7 Å². The largest absolute Gasteiger partial charge is 0.326 e. The Kier molecular flexibility index (Phi) is 9.05. The molecule has 0 aromatic heterocycles. The van der Waals surface area contributed by atoms with Gasteiger partial charge in [0.15, 0.2) is 0 Å². The Morgan fingerprint density at radius 2 is 1.69 bits per heavy atom. The number of hydrogen-bond acceptors (Lipinski definition) is 3. The van der Waals surface area contributed by atoms with Gasteiger partial charge in [0, 0.05) is 46.2 Å². The molecule has 0 radical (unpaired) electrons. The van der Waals surface area contributed by atoms with E-state index in [0.29, 0.717) is 6.04 Å². The van der Waals surface area contributed by atoms with Crippen molar-refractivity contribution in [2.45, 2.75) is 43.8 Å². The number of benzene rings is 2. The van der Waals surface area contributed by atoms with E-state index < -0.39 is 0 Å². The van der Waals surface area contributed by atoms with Crippen molar-refractivity contribution in [3.05, 3.63) is 68.1 Å². The molecule has 4 rings (SSSR count). The molecule has 0 spiro atoms. The highest BCUT2D eigenvalue weighted by molar-refractivity contribution is 9.11. The second-order valence-corrected chi connectivity index (χ2v) is 9.95. The van der Waals surface area contributed by atoms with Gasteiger partial charge in [-0.15, -0.1) is 24.8 Å². The summed E-state index contributed by atoms with van der Waals surface area (Å²) in [6.45, 7) is 5.44. The van der Waals surface area contributed by atoms with E-state index in [1.165, 1.54) is 16.7 Å². The van der Waals surface area contributed by atoms with Crippen LogP contribution in [0, 0.1) is 0 Å². The maximum absolute atomic E-state index is 7.01. The molecule has 3 nitrogen and oxygen atoms in total. The molecular weight excluding hydrogens is 537 g/mol. The predicted octanol–water partition coefficient (Wildman–Crippen LogP) is 4.76. The van der Waals surface area contributed by atoms with E-state index in [4.69, 9.17) is 5.73 Å². The summed E-state index contributed by atoms with van der Waals surface area (Å²) in [6.07, 6.45) is 2.98. The maximum Gasteiger partial charge on any atom is 0.0445 e. The summed E-state index contributed by atoms with van der Waals surface area (Å²) in [6, 6.07) is 15.9. The fourth-order valence-electron chi connectivity index (χ4n) is 4.85. The molecule has 2 aliphatic rings. The first-order valence-corrected chi connectivity index (χ1v) is 11.3. The third-order valence-electron chi connectivity index (χ3n) is 6.18. The molecule has 2 atom stereocenters. The van der Waals surface area contributed by atoms with Gasteiger partial charge in [-0.3, -0.25) is 4.90 Å². The van der Waals surface area contributed by atoms with Crippen LogP contribution in [0.1, 0.15) is 23.6 Å². The molecule has 0 amide bonds. The van der Waals surface area contributed by atoms with Gasteiger partial charge in [-0.25, -0.2) is 0 Å². The lowest BCUT2D eigenvalue weighted by Gasteiger charge is -2.49. The minimum Gasteiger partial charge on any atom is -0.326 e. The first kappa shape index (κ1) is 25.1. The molecule has 1 fully saturated rings. The lowest BCUT2D eigenvalue weighted by molar-refractivity contribution is 0.0441. The Balaban J connectivity index is 0.00000150. The van der Waals surface area contributed by atoms with E-state index in [9.17, 15) is 0 Å². The van der Waals surface area contributed by atoms with Crippen LogP contribution < -0.4 is 11.1 Å². The fraction of sp³-hybridized carbons (Fsp3) is 0.455. The summed E-state index contributed by atoms with van der Waals surface area (Å²) >= 11 is 7.24. The first-order valence-electron chi connectivity index (χ1n) is 9.72.